The summed E-state index contributed by atoms with van der Waals surface area (Å²) in [6.45, 7) is 6.32. The topological polar surface area (TPSA) is 58.2 Å². The molecule has 0 radical (unpaired) electrons. The highest BCUT2D eigenvalue weighted by atomic mass is 32.2. The van der Waals surface area contributed by atoms with E-state index in [1.165, 1.54) is 17.3 Å². The molecular weight excluding hydrogens is 368 g/mol. The van der Waals surface area contributed by atoms with Crippen LogP contribution in [0.1, 0.15) is 67.1 Å². The van der Waals surface area contributed by atoms with E-state index in [9.17, 15) is 9.59 Å². The van der Waals surface area contributed by atoms with E-state index in [0.29, 0.717) is 23.3 Å². The Morgan fingerprint density at radius 1 is 1.00 bits per heavy atom. The van der Waals surface area contributed by atoms with Gasteiger partial charge in [0.1, 0.15) is 0 Å². The molecular formula is C23H28N2O2S. The van der Waals surface area contributed by atoms with Crippen LogP contribution in [0.4, 0.5) is 0 Å². The molecule has 2 amide bonds. The van der Waals surface area contributed by atoms with E-state index in [1.807, 2.05) is 31.2 Å². The highest BCUT2D eigenvalue weighted by Gasteiger charge is 2.23. The molecule has 1 unspecified atom stereocenters. The summed E-state index contributed by atoms with van der Waals surface area (Å²) in [6.07, 6.45) is 2.15. The lowest BCUT2D eigenvalue weighted by Crippen LogP contribution is -2.28. The highest BCUT2D eigenvalue weighted by Crippen LogP contribution is 2.25. The third-order valence-electron chi connectivity index (χ3n) is 4.88. The zero-order chi connectivity index (χ0) is 20.1. The van der Waals surface area contributed by atoms with E-state index in [-0.39, 0.29) is 17.9 Å². The van der Waals surface area contributed by atoms with Gasteiger partial charge in [0.25, 0.3) is 5.91 Å². The van der Waals surface area contributed by atoms with Gasteiger partial charge in [-0.2, -0.15) is 0 Å². The van der Waals surface area contributed by atoms with Crippen molar-refractivity contribution in [2.75, 3.05) is 5.75 Å². The molecule has 28 heavy (non-hydrogen) atoms. The summed E-state index contributed by atoms with van der Waals surface area (Å²) >= 11 is 1.41. The smallest absolute Gasteiger partial charge is 0.252 e. The van der Waals surface area contributed by atoms with Crippen molar-refractivity contribution >= 4 is 23.6 Å². The maximum Gasteiger partial charge on any atom is 0.252 e. The fraction of sp³-hybridized carbons (Fsp3) is 0.391. The Bertz CT molecular complexity index is 829. The molecule has 4 nitrogen and oxygen atoms in total. The van der Waals surface area contributed by atoms with Crippen LogP contribution in [-0.2, 0) is 4.79 Å². The average Bonchev–Trinajstić information content (AvgIpc) is 3.50. The Hall–Kier alpha value is -2.27. The van der Waals surface area contributed by atoms with Crippen LogP contribution in [0.2, 0.25) is 0 Å². The van der Waals surface area contributed by atoms with Gasteiger partial charge in [-0.1, -0.05) is 50.2 Å². The number of hydrogen-bond acceptors (Lipinski definition) is 3. The maximum absolute atomic E-state index is 12.8. The van der Waals surface area contributed by atoms with Gasteiger partial charge in [-0.25, -0.2) is 0 Å². The summed E-state index contributed by atoms with van der Waals surface area (Å²) in [6, 6.07) is 16.1. The Morgan fingerprint density at radius 2 is 1.64 bits per heavy atom. The van der Waals surface area contributed by atoms with Crippen LogP contribution in [0, 0.1) is 0 Å². The molecule has 0 aromatic heterocycles. The Balaban J connectivity index is 1.62. The second kappa shape index (κ2) is 9.28. The molecule has 2 aromatic carbocycles. The van der Waals surface area contributed by atoms with Crippen LogP contribution in [-0.4, -0.2) is 23.6 Å². The number of rotatable bonds is 8. The third kappa shape index (κ3) is 5.61. The summed E-state index contributed by atoms with van der Waals surface area (Å²) in [5, 5.41) is 6.06. The van der Waals surface area contributed by atoms with E-state index in [4.69, 9.17) is 0 Å². The van der Waals surface area contributed by atoms with Gasteiger partial charge in [-0.3, -0.25) is 9.59 Å². The largest absolute Gasteiger partial charge is 0.353 e. The summed E-state index contributed by atoms with van der Waals surface area (Å²) in [5.74, 6) is 0.722. The SMILES string of the molecule is CC(C)c1ccc(C(C)NC(=O)c2ccccc2SCC(=O)NC2CC2)cc1. The summed E-state index contributed by atoms with van der Waals surface area (Å²) in [5.41, 5.74) is 2.97. The first-order valence-corrected chi connectivity index (χ1v) is 10.8. The fourth-order valence-electron chi connectivity index (χ4n) is 2.95. The summed E-state index contributed by atoms with van der Waals surface area (Å²) < 4.78 is 0. The standard InChI is InChI=1S/C23H28N2O2S/c1-15(2)17-8-10-18(11-9-17)16(3)24-23(27)20-6-4-5-7-21(20)28-14-22(26)25-19-12-13-19/h4-11,15-16,19H,12-14H2,1-3H3,(H,24,27)(H,25,26). The van der Waals surface area contributed by atoms with Crippen LogP contribution < -0.4 is 10.6 Å². The Morgan fingerprint density at radius 3 is 2.29 bits per heavy atom. The predicted octanol–water partition coefficient (Wildman–Crippen LogP) is 4.67. The van der Waals surface area contributed by atoms with Crippen molar-refractivity contribution in [1.29, 1.82) is 0 Å². The van der Waals surface area contributed by atoms with E-state index in [0.717, 1.165) is 23.3 Å². The van der Waals surface area contributed by atoms with Crippen molar-refractivity contribution in [2.24, 2.45) is 0 Å². The normalized spacial score (nSPS) is 14.6. The molecule has 1 atom stereocenters. The molecule has 1 aliphatic rings. The van der Waals surface area contributed by atoms with E-state index in [2.05, 4.69) is 48.7 Å². The van der Waals surface area contributed by atoms with Gasteiger partial charge >= 0.3 is 0 Å². The number of thioether (sulfide) groups is 1. The zero-order valence-corrected chi connectivity index (χ0v) is 17.5. The molecule has 2 aromatic rings. The van der Waals surface area contributed by atoms with Crippen LogP contribution in [0.5, 0.6) is 0 Å². The first-order chi connectivity index (χ1) is 13.4. The van der Waals surface area contributed by atoms with Crippen LogP contribution in [0.15, 0.2) is 53.4 Å². The lowest BCUT2D eigenvalue weighted by atomic mass is 9.99. The van der Waals surface area contributed by atoms with Crippen LogP contribution >= 0.6 is 11.8 Å². The minimum Gasteiger partial charge on any atom is -0.353 e. The van der Waals surface area contributed by atoms with Gasteiger partial charge in [-0.05, 0) is 48.9 Å². The Labute approximate surface area is 171 Å². The minimum atomic E-state index is -0.119. The molecule has 0 bridgehead atoms. The van der Waals surface area contributed by atoms with Crippen LogP contribution in [0.3, 0.4) is 0 Å². The van der Waals surface area contributed by atoms with Crippen molar-refractivity contribution in [3.63, 3.8) is 0 Å². The summed E-state index contributed by atoms with van der Waals surface area (Å²) in [4.78, 5) is 25.6. The van der Waals surface area contributed by atoms with Gasteiger partial charge in [0.2, 0.25) is 5.91 Å². The average molecular weight is 397 g/mol. The predicted molar refractivity (Wildman–Crippen MR) is 115 cm³/mol. The molecule has 0 aliphatic heterocycles. The second-order valence-electron chi connectivity index (χ2n) is 7.64. The lowest BCUT2D eigenvalue weighted by Gasteiger charge is -2.17. The first-order valence-electron chi connectivity index (χ1n) is 9.86. The molecule has 0 spiro atoms. The molecule has 1 fully saturated rings. The van der Waals surface area contributed by atoms with Crippen molar-refractivity contribution in [1.82, 2.24) is 10.6 Å². The third-order valence-corrected chi connectivity index (χ3v) is 5.96. The van der Waals surface area contributed by atoms with Crippen molar-refractivity contribution in [3.8, 4) is 0 Å². The zero-order valence-electron chi connectivity index (χ0n) is 16.7. The van der Waals surface area contributed by atoms with E-state index >= 15 is 0 Å². The summed E-state index contributed by atoms with van der Waals surface area (Å²) in [7, 11) is 0. The van der Waals surface area contributed by atoms with Crippen molar-refractivity contribution in [3.05, 3.63) is 65.2 Å². The number of amides is 2. The van der Waals surface area contributed by atoms with Crippen LogP contribution in [0.25, 0.3) is 0 Å². The van der Waals surface area contributed by atoms with Crippen molar-refractivity contribution in [2.45, 2.75) is 56.5 Å². The van der Waals surface area contributed by atoms with Gasteiger partial charge in [0.15, 0.2) is 0 Å². The quantitative estimate of drug-likeness (QED) is 0.638. The number of benzene rings is 2. The number of hydrogen-bond donors (Lipinski definition) is 2. The monoisotopic (exact) mass is 396 g/mol. The molecule has 5 heteroatoms. The van der Waals surface area contributed by atoms with Gasteiger partial charge < -0.3 is 10.6 Å². The van der Waals surface area contributed by atoms with Crippen molar-refractivity contribution < 1.29 is 9.59 Å². The highest BCUT2D eigenvalue weighted by molar-refractivity contribution is 8.00. The maximum atomic E-state index is 12.8. The molecule has 1 saturated carbocycles. The molecule has 0 heterocycles. The molecule has 0 saturated heterocycles. The second-order valence-corrected chi connectivity index (χ2v) is 8.66. The first kappa shape index (κ1) is 20.5. The van der Waals surface area contributed by atoms with Gasteiger partial charge in [-0.15, -0.1) is 11.8 Å². The molecule has 2 N–H and O–H groups in total. The minimum absolute atomic E-state index is 0.0290. The molecule has 3 rings (SSSR count). The number of carbonyl (C=O) groups excluding carboxylic acids is 2. The number of carbonyl (C=O) groups is 2. The van der Waals surface area contributed by atoms with Gasteiger partial charge in [0.05, 0.1) is 17.4 Å². The van der Waals surface area contributed by atoms with E-state index < -0.39 is 0 Å². The fourth-order valence-corrected chi connectivity index (χ4v) is 3.81. The molecule has 1 aliphatic carbocycles. The molecule has 148 valence electrons. The Kier molecular flexibility index (Phi) is 6.79. The van der Waals surface area contributed by atoms with E-state index in [1.54, 1.807) is 0 Å². The lowest BCUT2D eigenvalue weighted by molar-refractivity contribution is -0.118. The van der Waals surface area contributed by atoms with Gasteiger partial charge in [0, 0.05) is 10.9 Å². The number of nitrogens with one attached hydrogen (secondary N) is 2.